The molecule has 0 aromatic heterocycles. The molecule has 0 saturated carbocycles. The topological polar surface area (TPSA) is 38.3 Å². The molecule has 23 heavy (non-hydrogen) atoms. The number of nitrogens with one attached hydrogen (secondary N) is 1. The highest BCUT2D eigenvalue weighted by atomic mass is 16.5. The predicted octanol–water partition coefficient (Wildman–Crippen LogP) is 4.78. The highest BCUT2D eigenvalue weighted by molar-refractivity contribution is 5.91. The van der Waals surface area contributed by atoms with Gasteiger partial charge in [-0.05, 0) is 48.1 Å². The van der Waals surface area contributed by atoms with Crippen LogP contribution in [0.3, 0.4) is 0 Å². The van der Waals surface area contributed by atoms with Gasteiger partial charge in [-0.2, -0.15) is 0 Å². The van der Waals surface area contributed by atoms with Crippen molar-refractivity contribution in [2.75, 3.05) is 12.4 Å². The van der Waals surface area contributed by atoms with Gasteiger partial charge in [0, 0.05) is 12.1 Å². The van der Waals surface area contributed by atoms with Crippen LogP contribution in [0, 0.1) is 0 Å². The summed E-state index contributed by atoms with van der Waals surface area (Å²) in [6, 6.07) is 15.9. The number of amides is 1. The standard InChI is InChI=1S/C20H25NO2/c1-4-15(2)18-7-5-6-8-19(18)21-20(22)14-11-16-9-12-17(23-3)13-10-16/h5-10,12-13,15H,4,11,14H2,1-3H3,(H,21,22). The molecule has 3 nitrogen and oxygen atoms in total. The summed E-state index contributed by atoms with van der Waals surface area (Å²) in [5.74, 6) is 1.32. The summed E-state index contributed by atoms with van der Waals surface area (Å²) in [5, 5.41) is 3.05. The maximum Gasteiger partial charge on any atom is 0.224 e. The maximum atomic E-state index is 12.2. The second kappa shape index (κ2) is 8.37. The van der Waals surface area contributed by atoms with Gasteiger partial charge in [-0.15, -0.1) is 0 Å². The molecule has 2 aromatic carbocycles. The van der Waals surface area contributed by atoms with Crippen LogP contribution in [0.15, 0.2) is 48.5 Å². The number of hydrogen-bond donors (Lipinski definition) is 1. The molecule has 0 heterocycles. The van der Waals surface area contributed by atoms with Crippen LogP contribution in [0.25, 0.3) is 0 Å². The van der Waals surface area contributed by atoms with E-state index in [4.69, 9.17) is 4.74 Å². The quantitative estimate of drug-likeness (QED) is 0.799. The van der Waals surface area contributed by atoms with Crippen molar-refractivity contribution in [1.82, 2.24) is 0 Å². The average molecular weight is 311 g/mol. The van der Waals surface area contributed by atoms with Gasteiger partial charge in [0.05, 0.1) is 7.11 Å². The molecule has 1 unspecified atom stereocenters. The largest absolute Gasteiger partial charge is 0.497 e. The molecule has 0 radical (unpaired) electrons. The predicted molar refractivity (Wildman–Crippen MR) is 95.1 cm³/mol. The Bertz CT molecular complexity index is 634. The van der Waals surface area contributed by atoms with Crippen molar-refractivity contribution >= 4 is 11.6 Å². The highest BCUT2D eigenvalue weighted by Gasteiger charge is 2.11. The molecule has 0 aliphatic carbocycles. The summed E-state index contributed by atoms with van der Waals surface area (Å²) < 4.78 is 5.14. The van der Waals surface area contributed by atoms with Crippen molar-refractivity contribution in [3.63, 3.8) is 0 Å². The van der Waals surface area contributed by atoms with Crippen LogP contribution < -0.4 is 10.1 Å². The first kappa shape index (κ1) is 17.1. The summed E-state index contributed by atoms with van der Waals surface area (Å²) in [4.78, 5) is 12.2. The molecule has 1 atom stereocenters. The molecule has 122 valence electrons. The first-order valence-corrected chi connectivity index (χ1v) is 8.15. The van der Waals surface area contributed by atoms with Crippen molar-refractivity contribution in [1.29, 1.82) is 0 Å². The van der Waals surface area contributed by atoms with Crippen LogP contribution in [-0.4, -0.2) is 13.0 Å². The second-order valence-electron chi connectivity index (χ2n) is 5.79. The molecule has 1 amide bonds. The molecule has 3 heteroatoms. The number of para-hydroxylation sites is 1. The van der Waals surface area contributed by atoms with Crippen molar-refractivity contribution in [2.45, 2.75) is 39.0 Å². The molecule has 2 rings (SSSR count). The zero-order valence-electron chi connectivity index (χ0n) is 14.1. The first-order chi connectivity index (χ1) is 11.1. The number of hydrogen-bond acceptors (Lipinski definition) is 2. The lowest BCUT2D eigenvalue weighted by Crippen LogP contribution is -2.14. The molecule has 2 aromatic rings. The molecule has 0 aliphatic rings. The van der Waals surface area contributed by atoms with E-state index in [-0.39, 0.29) is 5.91 Å². The molecular formula is C20H25NO2. The number of ether oxygens (including phenoxy) is 1. The summed E-state index contributed by atoms with van der Waals surface area (Å²) in [6.45, 7) is 4.34. The Morgan fingerprint density at radius 3 is 2.48 bits per heavy atom. The smallest absolute Gasteiger partial charge is 0.224 e. The van der Waals surface area contributed by atoms with Gasteiger partial charge in [0.15, 0.2) is 0 Å². The number of methoxy groups -OCH3 is 1. The zero-order valence-corrected chi connectivity index (χ0v) is 14.1. The van der Waals surface area contributed by atoms with Gasteiger partial charge < -0.3 is 10.1 Å². The van der Waals surface area contributed by atoms with Gasteiger partial charge in [-0.1, -0.05) is 44.2 Å². The molecule has 0 saturated heterocycles. The maximum absolute atomic E-state index is 12.2. The molecule has 1 N–H and O–H groups in total. The van der Waals surface area contributed by atoms with Crippen molar-refractivity contribution in [3.8, 4) is 5.75 Å². The van der Waals surface area contributed by atoms with E-state index in [1.165, 1.54) is 5.56 Å². The Hall–Kier alpha value is -2.29. The van der Waals surface area contributed by atoms with Crippen LogP contribution >= 0.6 is 0 Å². The zero-order chi connectivity index (χ0) is 16.7. The minimum Gasteiger partial charge on any atom is -0.497 e. The van der Waals surface area contributed by atoms with Gasteiger partial charge in [0.1, 0.15) is 5.75 Å². The summed E-state index contributed by atoms with van der Waals surface area (Å²) >= 11 is 0. The van der Waals surface area contributed by atoms with Crippen LogP contribution in [0.4, 0.5) is 5.69 Å². The van der Waals surface area contributed by atoms with Gasteiger partial charge in [0.25, 0.3) is 0 Å². The molecule has 0 spiro atoms. The highest BCUT2D eigenvalue weighted by Crippen LogP contribution is 2.26. The number of carbonyl (C=O) groups excluding carboxylic acids is 1. The van der Waals surface area contributed by atoms with Crippen LogP contribution in [0.2, 0.25) is 0 Å². The van der Waals surface area contributed by atoms with Crippen LogP contribution in [0.1, 0.15) is 43.7 Å². The van der Waals surface area contributed by atoms with E-state index in [0.29, 0.717) is 12.3 Å². The SMILES string of the molecule is CCC(C)c1ccccc1NC(=O)CCc1ccc(OC)cc1. The Morgan fingerprint density at radius 2 is 1.83 bits per heavy atom. The number of benzene rings is 2. The molecule has 0 aliphatic heterocycles. The minimum absolute atomic E-state index is 0.0524. The van der Waals surface area contributed by atoms with E-state index in [1.54, 1.807) is 7.11 Å². The van der Waals surface area contributed by atoms with E-state index in [1.807, 2.05) is 42.5 Å². The van der Waals surface area contributed by atoms with Crippen LogP contribution in [-0.2, 0) is 11.2 Å². The Labute approximate surface area is 138 Å². The normalized spacial score (nSPS) is 11.8. The molecular weight excluding hydrogens is 286 g/mol. The van der Waals surface area contributed by atoms with Gasteiger partial charge in [-0.25, -0.2) is 0 Å². The lowest BCUT2D eigenvalue weighted by Gasteiger charge is -2.15. The summed E-state index contributed by atoms with van der Waals surface area (Å²) in [5.41, 5.74) is 3.27. The molecule has 0 bridgehead atoms. The molecule has 0 fully saturated rings. The fourth-order valence-electron chi connectivity index (χ4n) is 2.52. The van der Waals surface area contributed by atoms with E-state index >= 15 is 0 Å². The average Bonchev–Trinajstić information content (AvgIpc) is 2.60. The lowest BCUT2D eigenvalue weighted by atomic mass is 9.97. The van der Waals surface area contributed by atoms with Crippen molar-refractivity contribution in [3.05, 3.63) is 59.7 Å². The lowest BCUT2D eigenvalue weighted by molar-refractivity contribution is -0.116. The first-order valence-electron chi connectivity index (χ1n) is 8.15. The van der Waals surface area contributed by atoms with E-state index < -0.39 is 0 Å². The second-order valence-corrected chi connectivity index (χ2v) is 5.79. The third-order valence-electron chi connectivity index (χ3n) is 4.18. The summed E-state index contributed by atoms with van der Waals surface area (Å²) in [7, 11) is 1.65. The van der Waals surface area contributed by atoms with Gasteiger partial charge >= 0.3 is 0 Å². The fraction of sp³-hybridized carbons (Fsp3) is 0.350. The van der Waals surface area contributed by atoms with Crippen molar-refractivity contribution in [2.24, 2.45) is 0 Å². The van der Waals surface area contributed by atoms with Crippen molar-refractivity contribution < 1.29 is 9.53 Å². The number of aryl methyl sites for hydroxylation is 1. The fourth-order valence-corrected chi connectivity index (χ4v) is 2.52. The van der Waals surface area contributed by atoms with Crippen LogP contribution in [0.5, 0.6) is 5.75 Å². The Kier molecular flexibility index (Phi) is 6.21. The monoisotopic (exact) mass is 311 g/mol. The van der Waals surface area contributed by atoms with Gasteiger partial charge in [-0.3, -0.25) is 4.79 Å². The minimum atomic E-state index is 0.0524. The number of rotatable bonds is 7. The van der Waals surface area contributed by atoms with Gasteiger partial charge in [0.2, 0.25) is 5.91 Å². The van der Waals surface area contributed by atoms with E-state index in [0.717, 1.165) is 29.8 Å². The van der Waals surface area contributed by atoms with E-state index in [2.05, 4.69) is 25.2 Å². The third kappa shape index (κ3) is 4.85. The van der Waals surface area contributed by atoms with E-state index in [9.17, 15) is 4.79 Å². The third-order valence-corrected chi connectivity index (χ3v) is 4.18. The Balaban J connectivity index is 1.94. The number of carbonyl (C=O) groups is 1. The summed E-state index contributed by atoms with van der Waals surface area (Å²) in [6.07, 6.45) is 2.25. The number of anilines is 1. The Morgan fingerprint density at radius 1 is 1.13 bits per heavy atom.